The van der Waals surface area contributed by atoms with Gasteiger partial charge in [0.15, 0.2) is 5.78 Å². The predicted octanol–water partition coefficient (Wildman–Crippen LogP) is 3.12. The molecule has 6 nitrogen and oxygen atoms in total. The molecule has 1 aromatic heterocycles. The Labute approximate surface area is 187 Å². The average molecular weight is 434 g/mol. The number of hydrogen-bond donors (Lipinski definition) is 1. The maximum Gasteiger partial charge on any atom is 0.226 e. The van der Waals surface area contributed by atoms with E-state index in [0.29, 0.717) is 6.42 Å². The monoisotopic (exact) mass is 433 g/mol. The van der Waals surface area contributed by atoms with Gasteiger partial charge in [-0.25, -0.2) is 9.97 Å². The Bertz CT molecular complexity index is 1040. The molecule has 1 aliphatic heterocycles. The standard InChI is InChI=1S/C24H27N5OS/c1-28-10-12-29(13-11-28)24-26-17-22(23(27-24)19-7-3-2-4-8-19)31-21-9-5-6-18(15-21)14-20(30)16-25/h2-9,15,17H,10-14,16,25H2,1H3. The average Bonchev–Trinajstić information content (AvgIpc) is 2.80. The lowest BCUT2D eigenvalue weighted by Crippen LogP contribution is -2.45. The number of anilines is 1. The summed E-state index contributed by atoms with van der Waals surface area (Å²) in [6.45, 7) is 3.93. The number of piperazine rings is 1. The summed E-state index contributed by atoms with van der Waals surface area (Å²) in [6.07, 6.45) is 2.28. The molecule has 0 spiro atoms. The lowest BCUT2D eigenvalue weighted by molar-refractivity contribution is -0.117. The first-order valence-electron chi connectivity index (χ1n) is 10.5. The molecule has 2 aromatic carbocycles. The van der Waals surface area contributed by atoms with Crippen molar-refractivity contribution in [3.63, 3.8) is 0 Å². The first-order valence-corrected chi connectivity index (χ1v) is 11.3. The van der Waals surface area contributed by atoms with Crippen molar-refractivity contribution in [1.82, 2.24) is 14.9 Å². The number of nitrogens with zero attached hydrogens (tertiary/aromatic N) is 4. The van der Waals surface area contributed by atoms with Crippen LogP contribution in [0.1, 0.15) is 5.56 Å². The second-order valence-corrected chi connectivity index (χ2v) is 8.82. The molecule has 3 aromatic rings. The number of carbonyl (C=O) groups excluding carboxylic acids is 1. The van der Waals surface area contributed by atoms with Crippen LogP contribution in [0.15, 0.2) is 70.6 Å². The van der Waals surface area contributed by atoms with Gasteiger partial charge in [-0.2, -0.15) is 0 Å². The van der Waals surface area contributed by atoms with Crippen LogP contribution in [0.3, 0.4) is 0 Å². The minimum atomic E-state index is 0.0342. The third kappa shape index (κ3) is 5.50. The number of carbonyl (C=O) groups is 1. The summed E-state index contributed by atoms with van der Waals surface area (Å²) in [5.41, 5.74) is 8.44. The highest BCUT2D eigenvalue weighted by molar-refractivity contribution is 7.99. The Hall–Kier alpha value is -2.74. The van der Waals surface area contributed by atoms with E-state index in [4.69, 9.17) is 15.7 Å². The van der Waals surface area contributed by atoms with E-state index in [9.17, 15) is 4.79 Å². The van der Waals surface area contributed by atoms with E-state index >= 15 is 0 Å². The summed E-state index contributed by atoms with van der Waals surface area (Å²) in [5, 5.41) is 0. The molecule has 1 aliphatic rings. The van der Waals surface area contributed by atoms with Gasteiger partial charge < -0.3 is 15.5 Å². The molecule has 1 fully saturated rings. The number of ketones is 1. The molecule has 4 rings (SSSR count). The van der Waals surface area contributed by atoms with Gasteiger partial charge in [0, 0.05) is 49.3 Å². The van der Waals surface area contributed by atoms with Crippen molar-refractivity contribution in [3.8, 4) is 11.3 Å². The Morgan fingerprint density at radius 2 is 1.84 bits per heavy atom. The molecule has 0 amide bonds. The highest BCUT2D eigenvalue weighted by Gasteiger charge is 2.19. The van der Waals surface area contributed by atoms with Crippen molar-refractivity contribution in [3.05, 3.63) is 66.4 Å². The number of likely N-dealkylation sites (N-methyl/N-ethyl adjacent to an activating group) is 1. The number of benzene rings is 2. The van der Waals surface area contributed by atoms with Gasteiger partial charge in [-0.1, -0.05) is 54.2 Å². The third-order valence-electron chi connectivity index (χ3n) is 5.33. The smallest absolute Gasteiger partial charge is 0.226 e. The van der Waals surface area contributed by atoms with Crippen molar-refractivity contribution >= 4 is 23.5 Å². The molecule has 2 N–H and O–H groups in total. The molecule has 0 unspecified atom stereocenters. The van der Waals surface area contributed by atoms with Crippen molar-refractivity contribution in [2.45, 2.75) is 16.2 Å². The fourth-order valence-corrected chi connectivity index (χ4v) is 4.52. The number of Topliss-reactive ketones (excluding diaryl/α,β-unsaturated/α-hetero) is 1. The van der Waals surface area contributed by atoms with Gasteiger partial charge in [0.2, 0.25) is 5.95 Å². The Morgan fingerprint density at radius 1 is 1.06 bits per heavy atom. The van der Waals surface area contributed by atoms with Crippen molar-refractivity contribution in [2.75, 3.05) is 44.7 Å². The summed E-state index contributed by atoms with van der Waals surface area (Å²) >= 11 is 1.62. The van der Waals surface area contributed by atoms with Gasteiger partial charge >= 0.3 is 0 Å². The van der Waals surface area contributed by atoms with Gasteiger partial charge in [-0.3, -0.25) is 4.79 Å². The van der Waals surface area contributed by atoms with E-state index in [0.717, 1.165) is 58.7 Å². The first kappa shape index (κ1) is 21.5. The van der Waals surface area contributed by atoms with E-state index in [-0.39, 0.29) is 12.3 Å². The van der Waals surface area contributed by atoms with Gasteiger partial charge in [-0.15, -0.1) is 0 Å². The summed E-state index contributed by atoms with van der Waals surface area (Å²) in [5.74, 6) is 0.811. The molecule has 0 atom stereocenters. The van der Waals surface area contributed by atoms with Gasteiger partial charge in [0.25, 0.3) is 0 Å². The summed E-state index contributed by atoms with van der Waals surface area (Å²) in [7, 11) is 2.14. The minimum absolute atomic E-state index is 0.0342. The zero-order chi connectivity index (χ0) is 21.6. The number of hydrogen-bond acceptors (Lipinski definition) is 7. The minimum Gasteiger partial charge on any atom is -0.338 e. The van der Waals surface area contributed by atoms with Crippen molar-refractivity contribution < 1.29 is 4.79 Å². The zero-order valence-electron chi connectivity index (χ0n) is 17.7. The van der Waals surface area contributed by atoms with Crippen LogP contribution >= 0.6 is 11.8 Å². The summed E-state index contributed by atoms with van der Waals surface area (Å²) < 4.78 is 0. The van der Waals surface area contributed by atoms with Gasteiger partial charge in [0.05, 0.1) is 17.1 Å². The fraction of sp³-hybridized carbons (Fsp3) is 0.292. The molecule has 0 radical (unpaired) electrons. The van der Waals surface area contributed by atoms with E-state index in [1.54, 1.807) is 11.8 Å². The Morgan fingerprint density at radius 3 is 2.58 bits per heavy atom. The lowest BCUT2D eigenvalue weighted by atomic mass is 10.1. The molecule has 0 saturated carbocycles. The molecule has 2 heterocycles. The molecular formula is C24H27N5OS. The molecule has 7 heteroatoms. The first-order chi connectivity index (χ1) is 15.1. The lowest BCUT2D eigenvalue weighted by Gasteiger charge is -2.32. The second-order valence-electron chi connectivity index (χ2n) is 7.71. The quantitative estimate of drug-likeness (QED) is 0.614. The van der Waals surface area contributed by atoms with E-state index in [1.165, 1.54) is 0 Å². The van der Waals surface area contributed by atoms with Crippen molar-refractivity contribution in [1.29, 1.82) is 0 Å². The van der Waals surface area contributed by atoms with Crippen LogP contribution in [0, 0.1) is 0 Å². The van der Waals surface area contributed by atoms with Crippen LogP contribution in [-0.4, -0.2) is 60.4 Å². The molecule has 0 bridgehead atoms. The molecule has 160 valence electrons. The van der Waals surface area contributed by atoms with Crippen LogP contribution in [0.5, 0.6) is 0 Å². The molecular weight excluding hydrogens is 406 g/mol. The van der Waals surface area contributed by atoms with E-state index < -0.39 is 0 Å². The fourth-order valence-electron chi connectivity index (χ4n) is 3.54. The highest BCUT2D eigenvalue weighted by atomic mass is 32.2. The largest absolute Gasteiger partial charge is 0.338 e. The maximum absolute atomic E-state index is 11.7. The van der Waals surface area contributed by atoms with Gasteiger partial charge in [-0.05, 0) is 24.7 Å². The summed E-state index contributed by atoms with van der Waals surface area (Å²) in [6, 6.07) is 18.3. The van der Waals surface area contributed by atoms with E-state index in [1.807, 2.05) is 48.7 Å². The van der Waals surface area contributed by atoms with Crippen molar-refractivity contribution in [2.24, 2.45) is 5.73 Å². The predicted molar refractivity (Wildman–Crippen MR) is 126 cm³/mol. The van der Waals surface area contributed by atoms with Crippen LogP contribution in [0.2, 0.25) is 0 Å². The van der Waals surface area contributed by atoms with Crippen LogP contribution < -0.4 is 10.6 Å². The van der Waals surface area contributed by atoms with E-state index in [2.05, 4.69) is 29.0 Å². The number of rotatable bonds is 7. The highest BCUT2D eigenvalue weighted by Crippen LogP contribution is 2.35. The summed E-state index contributed by atoms with van der Waals surface area (Å²) in [4.78, 5) is 28.0. The zero-order valence-corrected chi connectivity index (χ0v) is 18.5. The normalized spacial score (nSPS) is 14.6. The Kier molecular flexibility index (Phi) is 6.96. The topological polar surface area (TPSA) is 75.3 Å². The van der Waals surface area contributed by atoms with Gasteiger partial charge in [0.1, 0.15) is 0 Å². The second kappa shape index (κ2) is 10.0. The molecule has 0 aliphatic carbocycles. The van der Waals surface area contributed by atoms with Crippen LogP contribution in [-0.2, 0) is 11.2 Å². The molecule has 1 saturated heterocycles. The third-order valence-corrected chi connectivity index (χ3v) is 6.34. The Balaban J connectivity index is 1.64. The SMILES string of the molecule is CN1CCN(c2ncc(Sc3cccc(CC(=O)CN)c3)c(-c3ccccc3)n2)CC1. The van der Waals surface area contributed by atoms with Crippen LogP contribution in [0.4, 0.5) is 5.95 Å². The van der Waals surface area contributed by atoms with Crippen LogP contribution in [0.25, 0.3) is 11.3 Å². The molecule has 31 heavy (non-hydrogen) atoms. The number of nitrogens with two attached hydrogens (primary N) is 1. The maximum atomic E-state index is 11.7. The number of aromatic nitrogens is 2.